The predicted molar refractivity (Wildman–Crippen MR) is 69.6 cm³/mol. The van der Waals surface area contributed by atoms with Crippen molar-refractivity contribution in [1.29, 1.82) is 0 Å². The van der Waals surface area contributed by atoms with Crippen molar-refractivity contribution < 1.29 is 4.39 Å². The van der Waals surface area contributed by atoms with Crippen LogP contribution in [-0.4, -0.2) is 9.78 Å². The summed E-state index contributed by atoms with van der Waals surface area (Å²) in [5.74, 6) is -0.223. The second-order valence-electron chi connectivity index (χ2n) is 4.69. The van der Waals surface area contributed by atoms with Crippen LogP contribution in [0.25, 0.3) is 0 Å². The molecule has 0 aliphatic carbocycles. The molecule has 1 aromatic carbocycles. The van der Waals surface area contributed by atoms with Crippen LogP contribution in [0, 0.1) is 12.7 Å². The van der Waals surface area contributed by atoms with Crippen LogP contribution in [0.15, 0.2) is 30.6 Å². The van der Waals surface area contributed by atoms with E-state index in [4.69, 9.17) is 5.73 Å². The van der Waals surface area contributed by atoms with Crippen molar-refractivity contribution in [2.24, 2.45) is 12.8 Å². The maximum absolute atomic E-state index is 13.7. The summed E-state index contributed by atoms with van der Waals surface area (Å²) in [5.41, 5.74) is 8.81. The molecule has 1 aromatic heterocycles. The minimum atomic E-state index is -0.273. The number of nitrogens with two attached hydrogens (primary N) is 1. The molecule has 3 nitrogen and oxygen atoms in total. The SMILES string of the molecule is Cc1ccc(F)c(C(N)CCc2cnn(C)c2)c1. The lowest BCUT2D eigenvalue weighted by Gasteiger charge is -2.13. The number of benzene rings is 1. The van der Waals surface area contributed by atoms with E-state index in [-0.39, 0.29) is 11.9 Å². The first-order valence-corrected chi connectivity index (χ1v) is 6.05. The molecule has 18 heavy (non-hydrogen) atoms. The molecule has 2 aromatic rings. The maximum atomic E-state index is 13.7. The number of hydrogen-bond donors (Lipinski definition) is 1. The summed E-state index contributed by atoms with van der Waals surface area (Å²) in [7, 11) is 1.88. The van der Waals surface area contributed by atoms with Gasteiger partial charge in [-0.1, -0.05) is 17.7 Å². The number of halogens is 1. The Labute approximate surface area is 106 Å². The maximum Gasteiger partial charge on any atom is 0.127 e. The molecule has 0 saturated heterocycles. The molecular formula is C14H18FN3. The van der Waals surface area contributed by atoms with Gasteiger partial charge in [0.25, 0.3) is 0 Å². The van der Waals surface area contributed by atoms with E-state index in [1.807, 2.05) is 32.4 Å². The quantitative estimate of drug-likeness (QED) is 0.902. The average Bonchev–Trinajstić information content (AvgIpc) is 2.75. The summed E-state index contributed by atoms with van der Waals surface area (Å²) in [6.07, 6.45) is 5.30. The van der Waals surface area contributed by atoms with E-state index in [1.165, 1.54) is 6.07 Å². The fourth-order valence-corrected chi connectivity index (χ4v) is 2.03. The largest absolute Gasteiger partial charge is 0.324 e. The topological polar surface area (TPSA) is 43.8 Å². The summed E-state index contributed by atoms with van der Waals surface area (Å²) in [4.78, 5) is 0. The van der Waals surface area contributed by atoms with E-state index in [2.05, 4.69) is 5.10 Å². The van der Waals surface area contributed by atoms with Gasteiger partial charge in [0.2, 0.25) is 0 Å². The van der Waals surface area contributed by atoms with Crippen LogP contribution < -0.4 is 5.73 Å². The standard InChI is InChI=1S/C14H18FN3/c1-10-3-5-13(15)12(7-10)14(16)6-4-11-8-17-18(2)9-11/h3,5,7-9,14H,4,6,16H2,1-2H3. The zero-order chi connectivity index (χ0) is 13.1. The number of rotatable bonds is 4. The molecule has 1 unspecified atom stereocenters. The van der Waals surface area contributed by atoms with Gasteiger partial charge in [0.05, 0.1) is 6.20 Å². The van der Waals surface area contributed by atoms with Gasteiger partial charge >= 0.3 is 0 Å². The number of hydrogen-bond acceptors (Lipinski definition) is 2. The Balaban J connectivity index is 2.03. The monoisotopic (exact) mass is 247 g/mol. The molecule has 0 aliphatic rings. The Hall–Kier alpha value is -1.68. The molecule has 96 valence electrons. The van der Waals surface area contributed by atoms with E-state index in [0.29, 0.717) is 12.0 Å². The average molecular weight is 247 g/mol. The number of nitrogens with zero attached hydrogens (tertiary/aromatic N) is 2. The van der Waals surface area contributed by atoms with Gasteiger partial charge in [-0.25, -0.2) is 4.39 Å². The minimum Gasteiger partial charge on any atom is -0.324 e. The molecule has 2 N–H and O–H groups in total. The van der Waals surface area contributed by atoms with E-state index in [0.717, 1.165) is 17.5 Å². The Kier molecular flexibility index (Phi) is 3.77. The summed E-state index contributed by atoms with van der Waals surface area (Å²) in [6, 6.07) is 4.79. The first-order valence-electron chi connectivity index (χ1n) is 6.05. The first kappa shape index (κ1) is 12.8. The molecule has 0 bridgehead atoms. The summed E-state index contributed by atoms with van der Waals surface area (Å²) >= 11 is 0. The van der Waals surface area contributed by atoms with Gasteiger partial charge in [0, 0.05) is 24.8 Å². The third kappa shape index (κ3) is 2.96. The lowest BCUT2D eigenvalue weighted by molar-refractivity contribution is 0.563. The predicted octanol–water partition coefficient (Wildman–Crippen LogP) is 2.50. The molecule has 2 rings (SSSR count). The zero-order valence-electron chi connectivity index (χ0n) is 10.7. The summed E-state index contributed by atoms with van der Waals surface area (Å²) < 4.78 is 15.4. The van der Waals surface area contributed by atoms with E-state index >= 15 is 0 Å². The minimum absolute atomic E-state index is 0.223. The van der Waals surface area contributed by atoms with Crippen molar-refractivity contribution in [3.8, 4) is 0 Å². The van der Waals surface area contributed by atoms with Crippen molar-refractivity contribution in [3.05, 3.63) is 53.1 Å². The molecule has 0 aliphatic heterocycles. The molecular weight excluding hydrogens is 229 g/mol. The molecule has 1 atom stereocenters. The zero-order valence-corrected chi connectivity index (χ0v) is 10.7. The lowest BCUT2D eigenvalue weighted by atomic mass is 9.99. The van der Waals surface area contributed by atoms with Crippen LogP contribution in [-0.2, 0) is 13.5 Å². The third-order valence-electron chi connectivity index (χ3n) is 3.05. The fraction of sp³-hybridized carbons (Fsp3) is 0.357. The highest BCUT2D eigenvalue weighted by Crippen LogP contribution is 2.21. The molecule has 4 heteroatoms. The Morgan fingerprint density at radius 1 is 1.44 bits per heavy atom. The number of aryl methyl sites for hydroxylation is 3. The molecule has 1 heterocycles. The summed E-state index contributed by atoms with van der Waals surface area (Å²) in [6.45, 7) is 1.94. The van der Waals surface area contributed by atoms with Gasteiger partial charge < -0.3 is 5.73 Å². The Morgan fingerprint density at radius 2 is 2.22 bits per heavy atom. The van der Waals surface area contributed by atoms with Crippen LogP contribution in [0.2, 0.25) is 0 Å². The van der Waals surface area contributed by atoms with Crippen molar-refractivity contribution in [2.45, 2.75) is 25.8 Å². The highest BCUT2D eigenvalue weighted by atomic mass is 19.1. The molecule has 0 amide bonds. The van der Waals surface area contributed by atoms with Gasteiger partial charge in [-0.2, -0.15) is 5.10 Å². The van der Waals surface area contributed by atoms with Gasteiger partial charge in [-0.15, -0.1) is 0 Å². The van der Waals surface area contributed by atoms with Gasteiger partial charge in [0.15, 0.2) is 0 Å². The normalized spacial score (nSPS) is 12.7. The lowest BCUT2D eigenvalue weighted by Crippen LogP contribution is -2.13. The van der Waals surface area contributed by atoms with Crippen LogP contribution in [0.4, 0.5) is 4.39 Å². The smallest absolute Gasteiger partial charge is 0.127 e. The van der Waals surface area contributed by atoms with Crippen molar-refractivity contribution in [2.75, 3.05) is 0 Å². The van der Waals surface area contributed by atoms with E-state index < -0.39 is 0 Å². The van der Waals surface area contributed by atoms with Crippen molar-refractivity contribution >= 4 is 0 Å². The van der Waals surface area contributed by atoms with Gasteiger partial charge in [-0.05, 0) is 31.4 Å². The van der Waals surface area contributed by atoms with E-state index in [1.54, 1.807) is 10.7 Å². The molecule has 0 saturated carbocycles. The summed E-state index contributed by atoms with van der Waals surface area (Å²) in [5, 5.41) is 4.10. The second-order valence-corrected chi connectivity index (χ2v) is 4.69. The van der Waals surface area contributed by atoms with Crippen molar-refractivity contribution in [3.63, 3.8) is 0 Å². The van der Waals surface area contributed by atoms with Crippen LogP contribution in [0.3, 0.4) is 0 Å². The highest BCUT2D eigenvalue weighted by Gasteiger charge is 2.12. The van der Waals surface area contributed by atoms with E-state index in [9.17, 15) is 4.39 Å². The first-order chi connectivity index (χ1) is 8.56. The highest BCUT2D eigenvalue weighted by molar-refractivity contribution is 5.26. The van der Waals surface area contributed by atoms with Crippen molar-refractivity contribution in [1.82, 2.24) is 9.78 Å². The van der Waals surface area contributed by atoms with Gasteiger partial charge in [0.1, 0.15) is 5.82 Å². The van der Waals surface area contributed by atoms with Crippen LogP contribution >= 0.6 is 0 Å². The van der Waals surface area contributed by atoms with Gasteiger partial charge in [-0.3, -0.25) is 4.68 Å². The molecule has 0 spiro atoms. The molecule has 0 fully saturated rings. The Bertz CT molecular complexity index is 534. The number of aromatic nitrogens is 2. The molecule has 0 radical (unpaired) electrons. The van der Waals surface area contributed by atoms with Crippen LogP contribution in [0.5, 0.6) is 0 Å². The second kappa shape index (κ2) is 5.31. The third-order valence-corrected chi connectivity index (χ3v) is 3.05. The fourth-order valence-electron chi connectivity index (χ4n) is 2.03. The Morgan fingerprint density at radius 3 is 2.89 bits per heavy atom. The van der Waals surface area contributed by atoms with Crippen LogP contribution in [0.1, 0.15) is 29.2 Å².